The highest BCUT2D eigenvalue weighted by Gasteiger charge is 2.20. The fourth-order valence-electron chi connectivity index (χ4n) is 3.84. The molecule has 0 atom stereocenters. The summed E-state index contributed by atoms with van der Waals surface area (Å²) >= 11 is 0. The van der Waals surface area contributed by atoms with Crippen LogP contribution >= 0.6 is 0 Å². The van der Waals surface area contributed by atoms with E-state index in [9.17, 15) is 13.2 Å². The first-order valence-electron chi connectivity index (χ1n) is 11.0. The molecule has 0 spiro atoms. The topological polar surface area (TPSA) is 48.9 Å². The average Bonchev–Trinajstić information content (AvgIpc) is 2.78. The Morgan fingerprint density at radius 3 is 2.56 bits per heavy atom. The van der Waals surface area contributed by atoms with E-state index in [1.165, 1.54) is 19.2 Å². The van der Waals surface area contributed by atoms with Gasteiger partial charge in [-0.2, -0.15) is 0 Å². The number of ether oxygens (including phenoxy) is 1. The van der Waals surface area contributed by atoms with E-state index < -0.39 is 11.6 Å². The highest BCUT2D eigenvalue weighted by molar-refractivity contribution is 5.80. The van der Waals surface area contributed by atoms with Crippen LogP contribution in [0.3, 0.4) is 0 Å². The lowest BCUT2D eigenvalue weighted by molar-refractivity contribution is 0.198. The number of rotatable bonds is 8. The van der Waals surface area contributed by atoms with Crippen LogP contribution < -0.4 is 15.4 Å². The van der Waals surface area contributed by atoms with E-state index in [1.54, 1.807) is 6.07 Å². The minimum atomic E-state index is -0.445. The Hall–Kier alpha value is -2.74. The number of nitrogens with zero attached hydrogens (tertiary/aromatic N) is 2. The molecule has 3 rings (SSSR count). The van der Waals surface area contributed by atoms with E-state index in [-0.39, 0.29) is 17.6 Å². The van der Waals surface area contributed by atoms with Crippen LogP contribution in [0.25, 0.3) is 0 Å². The molecule has 1 fully saturated rings. The van der Waals surface area contributed by atoms with E-state index in [0.29, 0.717) is 37.6 Å². The van der Waals surface area contributed by atoms with Crippen LogP contribution in [0.2, 0.25) is 0 Å². The molecule has 1 heterocycles. The number of halogens is 3. The molecule has 1 aliphatic heterocycles. The van der Waals surface area contributed by atoms with E-state index >= 15 is 0 Å². The summed E-state index contributed by atoms with van der Waals surface area (Å²) in [4.78, 5) is 6.83. The van der Waals surface area contributed by atoms with Crippen LogP contribution in [-0.4, -0.2) is 50.2 Å². The Labute approximate surface area is 187 Å². The van der Waals surface area contributed by atoms with Gasteiger partial charge in [-0.1, -0.05) is 6.07 Å². The van der Waals surface area contributed by atoms with Crippen molar-refractivity contribution >= 4 is 5.96 Å². The minimum Gasteiger partial charge on any atom is -0.494 e. The molecule has 1 saturated heterocycles. The predicted octanol–water partition coefficient (Wildman–Crippen LogP) is 3.87. The van der Waals surface area contributed by atoms with Crippen molar-refractivity contribution in [2.75, 3.05) is 33.3 Å². The summed E-state index contributed by atoms with van der Waals surface area (Å²) < 4.78 is 46.0. The second kappa shape index (κ2) is 11.8. The summed E-state index contributed by atoms with van der Waals surface area (Å²) in [5.41, 5.74) is 1.25. The highest BCUT2D eigenvalue weighted by Crippen LogP contribution is 2.20. The number of likely N-dealkylation sites (tertiary alicyclic amines) is 1. The van der Waals surface area contributed by atoms with Crippen molar-refractivity contribution in [1.29, 1.82) is 0 Å². The molecular formula is C24H31F3N4O. The summed E-state index contributed by atoms with van der Waals surface area (Å²) in [6.07, 6.45) is 2.19. The van der Waals surface area contributed by atoms with Crippen molar-refractivity contribution in [2.24, 2.45) is 4.99 Å². The summed E-state index contributed by atoms with van der Waals surface area (Å²) in [5, 5.41) is 6.66. The molecule has 0 radical (unpaired) electrons. The van der Waals surface area contributed by atoms with Crippen molar-refractivity contribution in [2.45, 2.75) is 38.8 Å². The fraction of sp³-hybridized carbons (Fsp3) is 0.458. The number of methoxy groups -OCH3 is 1. The minimum absolute atomic E-state index is 0.257. The first kappa shape index (κ1) is 23.9. The Kier molecular flexibility index (Phi) is 8.79. The summed E-state index contributed by atoms with van der Waals surface area (Å²) in [7, 11) is 1.46. The third kappa shape index (κ3) is 6.88. The first-order valence-corrected chi connectivity index (χ1v) is 11.0. The Morgan fingerprint density at radius 2 is 1.88 bits per heavy atom. The zero-order valence-electron chi connectivity index (χ0n) is 18.6. The lowest BCUT2D eigenvalue weighted by atomic mass is 10.0. The van der Waals surface area contributed by atoms with Gasteiger partial charge in [0.1, 0.15) is 11.6 Å². The fourth-order valence-corrected chi connectivity index (χ4v) is 3.84. The zero-order valence-corrected chi connectivity index (χ0v) is 18.6. The molecule has 5 nitrogen and oxygen atoms in total. The number of guanidine groups is 1. The quantitative estimate of drug-likeness (QED) is 0.476. The molecule has 2 N–H and O–H groups in total. The van der Waals surface area contributed by atoms with Crippen LogP contribution in [0.4, 0.5) is 13.2 Å². The summed E-state index contributed by atoms with van der Waals surface area (Å²) in [6.45, 7) is 5.53. The molecule has 0 unspecified atom stereocenters. The van der Waals surface area contributed by atoms with Gasteiger partial charge in [-0.25, -0.2) is 13.2 Å². The number of piperidine rings is 1. The normalized spacial score (nSPS) is 15.6. The van der Waals surface area contributed by atoms with Gasteiger partial charge in [-0.05, 0) is 67.6 Å². The monoisotopic (exact) mass is 448 g/mol. The first-order chi connectivity index (χ1) is 15.5. The maximum Gasteiger partial charge on any atom is 0.191 e. The van der Waals surface area contributed by atoms with Crippen molar-refractivity contribution in [3.05, 3.63) is 65.0 Å². The van der Waals surface area contributed by atoms with E-state index in [2.05, 4.69) is 20.5 Å². The van der Waals surface area contributed by atoms with Crippen molar-refractivity contribution in [1.82, 2.24) is 15.5 Å². The molecule has 0 bridgehead atoms. The van der Waals surface area contributed by atoms with Crippen LogP contribution in [0.5, 0.6) is 5.75 Å². The number of aliphatic imine (C=N–C) groups is 1. The van der Waals surface area contributed by atoms with Gasteiger partial charge in [0.25, 0.3) is 0 Å². The van der Waals surface area contributed by atoms with Gasteiger partial charge in [0.2, 0.25) is 0 Å². The Balaban J connectivity index is 1.48. The van der Waals surface area contributed by atoms with E-state index in [4.69, 9.17) is 4.74 Å². The number of nitrogens with one attached hydrogen (secondary N) is 2. The van der Waals surface area contributed by atoms with E-state index in [0.717, 1.165) is 43.6 Å². The average molecular weight is 449 g/mol. The molecule has 0 aromatic heterocycles. The molecule has 0 aliphatic carbocycles. The third-order valence-corrected chi connectivity index (χ3v) is 5.55. The SMILES string of the molecule is CCNC(=NCCc1cc(F)ccc1F)NC1CCN(Cc2ccc(OC)c(F)c2)CC1. The molecule has 0 amide bonds. The third-order valence-electron chi connectivity index (χ3n) is 5.55. The van der Waals surface area contributed by atoms with Gasteiger partial charge in [0.15, 0.2) is 17.5 Å². The van der Waals surface area contributed by atoms with Crippen LogP contribution in [0.1, 0.15) is 30.9 Å². The smallest absolute Gasteiger partial charge is 0.191 e. The van der Waals surface area contributed by atoms with Crippen LogP contribution in [0, 0.1) is 17.5 Å². The van der Waals surface area contributed by atoms with Gasteiger partial charge < -0.3 is 15.4 Å². The number of benzene rings is 2. The van der Waals surface area contributed by atoms with Gasteiger partial charge >= 0.3 is 0 Å². The van der Waals surface area contributed by atoms with Crippen molar-refractivity contribution in [3.8, 4) is 5.75 Å². The standard InChI is InChI=1S/C24H31F3N4O/c1-3-28-24(29-11-8-18-15-19(25)5-6-21(18)26)30-20-9-12-31(13-10-20)16-17-4-7-23(32-2)22(27)14-17/h4-7,14-15,20H,3,8-13,16H2,1-2H3,(H2,28,29,30). The largest absolute Gasteiger partial charge is 0.494 e. The lowest BCUT2D eigenvalue weighted by Crippen LogP contribution is -2.48. The van der Waals surface area contributed by atoms with Gasteiger partial charge in [-0.15, -0.1) is 0 Å². The number of hydrogen-bond acceptors (Lipinski definition) is 3. The molecule has 1 aliphatic rings. The van der Waals surface area contributed by atoms with Gasteiger partial charge in [0, 0.05) is 38.8 Å². The second-order valence-electron chi connectivity index (χ2n) is 7.91. The highest BCUT2D eigenvalue weighted by atomic mass is 19.1. The maximum atomic E-state index is 13.9. The van der Waals surface area contributed by atoms with Crippen LogP contribution in [0.15, 0.2) is 41.4 Å². The Bertz CT molecular complexity index is 914. The lowest BCUT2D eigenvalue weighted by Gasteiger charge is -2.33. The second-order valence-corrected chi connectivity index (χ2v) is 7.91. The van der Waals surface area contributed by atoms with Gasteiger partial charge in [-0.3, -0.25) is 9.89 Å². The summed E-state index contributed by atoms with van der Waals surface area (Å²) in [5.74, 6) is -0.263. The Morgan fingerprint density at radius 1 is 1.09 bits per heavy atom. The van der Waals surface area contributed by atoms with Gasteiger partial charge in [0.05, 0.1) is 7.11 Å². The van der Waals surface area contributed by atoms with Crippen LogP contribution in [-0.2, 0) is 13.0 Å². The van der Waals surface area contributed by atoms with Crippen molar-refractivity contribution in [3.63, 3.8) is 0 Å². The predicted molar refractivity (Wildman–Crippen MR) is 120 cm³/mol. The molecule has 2 aromatic carbocycles. The van der Waals surface area contributed by atoms with E-state index in [1.807, 2.05) is 13.0 Å². The zero-order chi connectivity index (χ0) is 22.9. The maximum absolute atomic E-state index is 13.9. The molecule has 2 aromatic rings. The van der Waals surface area contributed by atoms with Crippen molar-refractivity contribution < 1.29 is 17.9 Å². The molecule has 8 heteroatoms. The molecule has 174 valence electrons. The molecule has 32 heavy (non-hydrogen) atoms. The number of hydrogen-bond donors (Lipinski definition) is 2. The summed E-state index contributed by atoms with van der Waals surface area (Å²) in [6, 6.07) is 8.83. The molecular weight excluding hydrogens is 417 g/mol. The molecule has 0 saturated carbocycles.